The van der Waals surface area contributed by atoms with E-state index in [1.54, 1.807) is 6.92 Å². The lowest BCUT2D eigenvalue weighted by molar-refractivity contribution is -0.137. The minimum atomic E-state index is -1.02. The molecule has 78 valence electrons. The molecule has 0 saturated carbocycles. The van der Waals surface area contributed by atoms with E-state index in [0.29, 0.717) is 0 Å². The number of aliphatic carboxylic acids is 1. The molecule has 1 rings (SSSR count). The summed E-state index contributed by atoms with van der Waals surface area (Å²) in [5.74, 6) is -0.931. The predicted octanol–water partition coefficient (Wildman–Crippen LogP) is 2.11. The Morgan fingerprint density at radius 2 is 1.86 bits per heavy atom. The van der Waals surface area contributed by atoms with Crippen molar-refractivity contribution in [3.05, 3.63) is 23.0 Å². The number of hydrogen-bond donors (Lipinski definition) is 2. The third-order valence-electron chi connectivity index (χ3n) is 1.84. The van der Waals surface area contributed by atoms with Gasteiger partial charge < -0.3 is 5.11 Å². The van der Waals surface area contributed by atoms with Gasteiger partial charge in [-0.15, -0.1) is 0 Å². The van der Waals surface area contributed by atoms with Gasteiger partial charge in [-0.1, -0.05) is 23.9 Å². The molecule has 0 bridgehead atoms. The molecule has 1 atom stereocenters. The zero-order valence-corrected chi connectivity index (χ0v) is 9.64. The topological polar surface area (TPSA) is 54.4 Å². The highest BCUT2D eigenvalue weighted by atomic mass is 32.2. The average molecular weight is 232 g/mol. The fraction of sp³-hybridized carbons (Fsp3) is 0.333. The van der Waals surface area contributed by atoms with Crippen molar-refractivity contribution < 1.29 is 14.7 Å². The van der Waals surface area contributed by atoms with E-state index >= 15 is 0 Å². The molecule has 14 heavy (non-hydrogen) atoms. The van der Waals surface area contributed by atoms with Crippen molar-refractivity contribution in [3.63, 3.8) is 0 Å². The summed E-state index contributed by atoms with van der Waals surface area (Å²) in [7, 11) is -0.881. The minimum Gasteiger partial charge on any atom is -0.480 e. The number of rotatable bonds is 3. The number of hydrogen-bond acceptors (Lipinski definition) is 3. The monoisotopic (exact) mass is 232 g/mol. The first-order valence-electron chi connectivity index (χ1n) is 4.03. The molecule has 0 aromatic rings. The summed E-state index contributed by atoms with van der Waals surface area (Å²) < 4.78 is -1.02. The second-order valence-electron chi connectivity index (χ2n) is 2.97. The molecule has 0 aliphatic carbocycles. The highest BCUT2D eigenvalue weighted by Gasteiger charge is 2.39. The summed E-state index contributed by atoms with van der Waals surface area (Å²) in [5, 5.41) is 12.7. The second kappa shape index (κ2) is 4.23. The van der Waals surface area contributed by atoms with Crippen molar-refractivity contribution in [2.75, 3.05) is 0 Å². The summed E-state index contributed by atoms with van der Waals surface area (Å²) >= 11 is 0.895. The minimum absolute atomic E-state index is 0.161. The lowest BCUT2D eigenvalue weighted by Gasteiger charge is -2.30. The van der Waals surface area contributed by atoms with Gasteiger partial charge in [0.2, 0.25) is 0 Å². The Hall–Kier alpha value is -0.680. The van der Waals surface area contributed by atoms with Gasteiger partial charge in [0, 0.05) is 6.92 Å². The predicted molar refractivity (Wildman–Crippen MR) is 61.6 cm³/mol. The molecule has 0 saturated heterocycles. The molecule has 0 amide bonds. The van der Waals surface area contributed by atoms with Crippen molar-refractivity contribution in [1.82, 2.24) is 0 Å². The van der Waals surface area contributed by atoms with Gasteiger partial charge in [-0.2, -0.15) is 10.9 Å². The van der Waals surface area contributed by atoms with Crippen LogP contribution in [-0.2, 0) is 9.59 Å². The van der Waals surface area contributed by atoms with Crippen LogP contribution < -0.4 is 0 Å². The van der Waals surface area contributed by atoms with Crippen LogP contribution in [0.3, 0.4) is 0 Å². The molecule has 0 fully saturated rings. The molecule has 0 radical (unpaired) electrons. The van der Waals surface area contributed by atoms with Crippen molar-refractivity contribution in [1.29, 1.82) is 0 Å². The number of carboxylic acid groups (broad SMARTS) is 1. The smallest absolute Gasteiger partial charge is 0.329 e. The van der Waals surface area contributed by atoms with Gasteiger partial charge in [0.1, 0.15) is 0 Å². The maximum atomic E-state index is 11.1. The van der Waals surface area contributed by atoms with E-state index < -0.39 is 20.9 Å². The quantitative estimate of drug-likeness (QED) is 0.732. The highest BCUT2D eigenvalue weighted by molar-refractivity contribution is 8.36. The van der Waals surface area contributed by atoms with E-state index in [-0.39, 0.29) is 5.12 Å². The van der Waals surface area contributed by atoms with Crippen LogP contribution >= 0.6 is 22.7 Å². The van der Waals surface area contributed by atoms with Crippen molar-refractivity contribution in [3.8, 4) is 0 Å². The number of carbonyl (C=O) groups is 2. The molecule has 1 N–H and O–H groups in total. The Balaban J connectivity index is 2.91. The van der Waals surface area contributed by atoms with Crippen LogP contribution in [0.4, 0.5) is 0 Å². The Kier molecular flexibility index (Phi) is 3.44. The van der Waals surface area contributed by atoms with Crippen LogP contribution in [0.1, 0.15) is 13.8 Å². The van der Waals surface area contributed by atoms with Crippen molar-refractivity contribution >= 4 is 33.7 Å². The van der Waals surface area contributed by atoms with Gasteiger partial charge >= 0.3 is 5.97 Å². The Morgan fingerprint density at radius 3 is 2.21 bits per heavy atom. The fourth-order valence-corrected chi connectivity index (χ4v) is 4.38. The molecule has 5 heteroatoms. The van der Waals surface area contributed by atoms with Crippen molar-refractivity contribution in [2.45, 2.75) is 17.9 Å². The molecular formula is C9H12O3S2. The van der Waals surface area contributed by atoms with Crippen LogP contribution in [0.5, 0.6) is 0 Å². The van der Waals surface area contributed by atoms with Gasteiger partial charge in [-0.3, -0.25) is 4.79 Å². The summed E-state index contributed by atoms with van der Waals surface area (Å²) in [6.45, 7) is 3.00. The fourth-order valence-electron chi connectivity index (χ4n) is 1.11. The molecule has 1 unspecified atom stereocenters. The first-order valence-corrected chi connectivity index (χ1v) is 6.33. The lowest BCUT2D eigenvalue weighted by Crippen LogP contribution is -2.31. The van der Waals surface area contributed by atoms with E-state index in [0.717, 1.165) is 11.8 Å². The molecule has 1 aliphatic heterocycles. The normalized spacial score (nSPS) is 20.9. The third kappa shape index (κ3) is 2.22. The van der Waals surface area contributed by atoms with Crippen LogP contribution in [0.15, 0.2) is 23.0 Å². The van der Waals surface area contributed by atoms with Gasteiger partial charge in [0.25, 0.3) is 0 Å². The maximum absolute atomic E-state index is 11.1. The zero-order valence-electron chi connectivity index (χ0n) is 7.93. The molecular weight excluding hydrogens is 220 g/mol. The highest BCUT2D eigenvalue weighted by Crippen LogP contribution is 2.52. The van der Waals surface area contributed by atoms with Crippen molar-refractivity contribution in [2.24, 2.45) is 0 Å². The summed E-state index contributed by atoms with van der Waals surface area (Å²) in [6.07, 6.45) is 3.65. The molecule has 0 aromatic heterocycles. The largest absolute Gasteiger partial charge is 0.480 e. The summed E-state index contributed by atoms with van der Waals surface area (Å²) in [6, 6.07) is 0. The van der Waals surface area contributed by atoms with E-state index in [2.05, 4.69) is 0 Å². The van der Waals surface area contributed by atoms with E-state index in [1.807, 2.05) is 23.0 Å². The van der Waals surface area contributed by atoms with Gasteiger partial charge in [0.05, 0.1) is 0 Å². The van der Waals surface area contributed by atoms with Gasteiger partial charge in [-0.25, -0.2) is 4.79 Å². The van der Waals surface area contributed by atoms with E-state index in [9.17, 15) is 9.59 Å². The molecule has 0 spiro atoms. The summed E-state index contributed by atoms with van der Waals surface area (Å²) in [4.78, 5) is 22.1. The maximum Gasteiger partial charge on any atom is 0.329 e. The number of allylic oxidation sites excluding steroid dienone is 2. The number of carbonyl (C=O) groups excluding carboxylic acids is 1. The first kappa shape index (κ1) is 11.4. The second-order valence-corrected chi connectivity index (χ2v) is 7.18. The third-order valence-corrected chi connectivity index (χ3v) is 5.77. The number of thiol groups is 1. The number of thioether (sulfide) groups is 1. The zero-order chi connectivity index (χ0) is 10.8. The Bertz CT molecular complexity index is 310. The van der Waals surface area contributed by atoms with Crippen LogP contribution in [-0.4, -0.2) is 20.3 Å². The summed E-state index contributed by atoms with van der Waals surface area (Å²) in [5.41, 5.74) is 0. The van der Waals surface area contributed by atoms with Gasteiger partial charge in [0.15, 0.2) is 9.19 Å². The van der Waals surface area contributed by atoms with E-state index in [4.69, 9.17) is 5.11 Å². The van der Waals surface area contributed by atoms with Crippen LogP contribution in [0.25, 0.3) is 0 Å². The number of carboxylic acids is 1. The van der Waals surface area contributed by atoms with Crippen LogP contribution in [0, 0.1) is 0 Å². The average Bonchev–Trinajstić information content (AvgIpc) is 2.53. The SMILES string of the molecule is CC(=O)SC(C)(C(=O)O)[SH]1C=CC=C1. The van der Waals surface area contributed by atoms with E-state index in [1.165, 1.54) is 6.92 Å². The Labute approximate surface area is 89.6 Å². The van der Waals surface area contributed by atoms with Crippen LogP contribution in [0.2, 0.25) is 0 Å². The molecule has 0 aromatic carbocycles. The standard InChI is InChI=1S/C9H12O3S2/c1-7(10)13-9(2,8(11)12)14-5-3-4-6-14/h3-6,14H,1-2H3,(H,11,12). The molecule has 1 heterocycles. The lowest BCUT2D eigenvalue weighted by atomic mass is 10.5. The molecule has 1 aliphatic rings. The first-order chi connectivity index (χ1) is 6.47. The molecule has 3 nitrogen and oxygen atoms in total. The Morgan fingerprint density at radius 1 is 1.36 bits per heavy atom. The van der Waals surface area contributed by atoms with Gasteiger partial charge in [-0.05, 0) is 17.7 Å².